The fraction of sp³-hybridized carbons (Fsp3) is 0.600. The third-order valence-electron chi connectivity index (χ3n) is 2.89. The molecule has 1 rings (SSSR count). The fourth-order valence-corrected chi connectivity index (χ4v) is 1.97. The average Bonchev–Trinajstić information content (AvgIpc) is 2.28. The van der Waals surface area contributed by atoms with Gasteiger partial charge in [0, 0.05) is 12.6 Å². The minimum absolute atomic E-state index is 0.172. The van der Waals surface area contributed by atoms with Crippen molar-refractivity contribution in [2.75, 3.05) is 27.2 Å². The van der Waals surface area contributed by atoms with Crippen LogP contribution in [-0.2, 0) is 0 Å². The lowest BCUT2D eigenvalue weighted by atomic mass is 10.0. The lowest BCUT2D eigenvalue weighted by molar-refractivity contribution is 0.274. The third-order valence-corrected chi connectivity index (χ3v) is 2.89. The lowest BCUT2D eigenvalue weighted by Crippen LogP contribution is -2.34. The Balaban J connectivity index is 2.44. The van der Waals surface area contributed by atoms with Crippen LogP contribution in [-0.4, -0.2) is 38.2 Å². The van der Waals surface area contributed by atoms with E-state index in [2.05, 4.69) is 30.9 Å². The van der Waals surface area contributed by atoms with Gasteiger partial charge < -0.3 is 15.4 Å². The van der Waals surface area contributed by atoms with Crippen LogP contribution in [0.25, 0.3) is 0 Å². The van der Waals surface area contributed by atoms with Gasteiger partial charge >= 0.3 is 0 Å². The molecule has 1 unspecified atom stereocenters. The molecule has 0 spiro atoms. The van der Waals surface area contributed by atoms with Gasteiger partial charge in [-0.3, -0.25) is 0 Å². The van der Waals surface area contributed by atoms with E-state index in [0.717, 1.165) is 18.7 Å². The van der Waals surface area contributed by atoms with Crippen molar-refractivity contribution in [2.24, 2.45) is 5.73 Å². The molecule has 0 aliphatic carbocycles. The first-order chi connectivity index (χ1) is 8.50. The summed E-state index contributed by atoms with van der Waals surface area (Å²) in [6.07, 6.45) is 0.880. The highest BCUT2D eigenvalue weighted by Gasteiger charge is 2.08. The van der Waals surface area contributed by atoms with Crippen LogP contribution >= 0.6 is 0 Å². The van der Waals surface area contributed by atoms with Crippen molar-refractivity contribution < 1.29 is 4.74 Å². The number of benzene rings is 1. The molecule has 1 atom stereocenters. The van der Waals surface area contributed by atoms with Crippen molar-refractivity contribution in [3.63, 3.8) is 0 Å². The zero-order valence-electron chi connectivity index (χ0n) is 12.0. The number of hydrogen-bond acceptors (Lipinski definition) is 3. The Kier molecular flexibility index (Phi) is 6.16. The van der Waals surface area contributed by atoms with E-state index in [4.69, 9.17) is 10.5 Å². The molecule has 0 saturated carbocycles. The van der Waals surface area contributed by atoms with E-state index >= 15 is 0 Å². The molecular weight excluding hydrogens is 224 g/mol. The van der Waals surface area contributed by atoms with Crippen LogP contribution in [0.15, 0.2) is 24.3 Å². The molecule has 3 nitrogen and oxygen atoms in total. The van der Waals surface area contributed by atoms with Crippen molar-refractivity contribution >= 4 is 0 Å². The average molecular weight is 250 g/mol. The van der Waals surface area contributed by atoms with Crippen LogP contribution in [0, 0.1) is 0 Å². The second-order valence-corrected chi connectivity index (χ2v) is 5.35. The SMILES string of the molecule is CC(C)c1ccccc1OCCC(N)CN(C)C. The Morgan fingerprint density at radius 2 is 1.89 bits per heavy atom. The van der Waals surface area contributed by atoms with Crippen LogP contribution in [0.5, 0.6) is 5.75 Å². The third kappa shape index (κ3) is 5.07. The summed E-state index contributed by atoms with van der Waals surface area (Å²) < 4.78 is 5.85. The summed E-state index contributed by atoms with van der Waals surface area (Å²) >= 11 is 0. The van der Waals surface area contributed by atoms with Crippen molar-refractivity contribution in [1.29, 1.82) is 0 Å². The zero-order chi connectivity index (χ0) is 13.5. The first-order valence-corrected chi connectivity index (χ1v) is 6.62. The minimum Gasteiger partial charge on any atom is -0.493 e. The predicted molar refractivity (Wildman–Crippen MR) is 77.2 cm³/mol. The molecule has 102 valence electrons. The molecule has 1 aromatic rings. The first-order valence-electron chi connectivity index (χ1n) is 6.62. The summed E-state index contributed by atoms with van der Waals surface area (Å²) in [5.41, 5.74) is 7.28. The second kappa shape index (κ2) is 7.39. The van der Waals surface area contributed by atoms with Gasteiger partial charge in [0.25, 0.3) is 0 Å². The molecule has 0 amide bonds. The van der Waals surface area contributed by atoms with Crippen LogP contribution < -0.4 is 10.5 Å². The van der Waals surface area contributed by atoms with Crippen molar-refractivity contribution in [3.05, 3.63) is 29.8 Å². The second-order valence-electron chi connectivity index (χ2n) is 5.35. The van der Waals surface area contributed by atoms with E-state index in [1.165, 1.54) is 5.56 Å². The predicted octanol–water partition coefficient (Wildman–Crippen LogP) is 2.47. The molecule has 0 bridgehead atoms. The number of para-hydroxylation sites is 1. The Morgan fingerprint density at radius 3 is 2.50 bits per heavy atom. The summed E-state index contributed by atoms with van der Waals surface area (Å²) in [7, 11) is 4.07. The van der Waals surface area contributed by atoms with E-state index in [1.54, 1.807) is 0 Å². The number of rotatable bonds is 7. The van der Waals surface area contributed by atoms with Gasteiger partial charge in [-0.05, 0) is 38.1 Å². The summed E-state index contributed by atoms with van der Waals surface area (Å²) in [4.78, 5) is 2.10. The molecule has 0 aliphatic rings. The number of ether oxygens (including phenoxy) is 1. The highest BCUT2D eigenvalue weighted by molar-refractivity contribution is 5.35. The van der Waals surface area contributed by atoms with Gasteiger partial charge in [-0.15, -0.1) is 0 Å². The van der Waals surface area contributed by atoms with E-state index < -0.39 is 0 Å². The van der Waals surface area contributed by atoms with E-state index in [9.17, 15) is 0 Å². The quantitative estimate of drug-likeness (QED) is 0.808. The van der Waals surface area contributed by atoms with Crippen LogP contribution in [0.1, 0.15) is 31.7 Å². The molecule has 0 aliphatic heterocycles. The Morgan fingerprint density at radius 1 is 1.22 bits per heavy atom. The Labute approximate surface area is 111 Å². The molecular formula is C15H26N2O. The summed E-state index contributed by atoms with van der Waals surface area (Å²) in [6, 6.07) is 8.40. The molecule has 0 saturated heterocycles. The van der Waals surface area contributed by atoms with Crippen LogP contribution in [0.2, 0.25) is 0 Å². The standard InChI is InChI=1S/C15H26N2O/c1-12(2)14-7-5-6-8-15(14)18-10-9-13(16)11-17(3)4/h5-8,12-13H,9-11,16H2,1-4H3. The minimum atomic E-state index is 0.172. The molecule has 0 fully saturated rings. The van der Waals surface area contributed by atoms with Crippen molar-refractivity contribution in [2.45, 2.75) is 32.2 Å². The summed E-state index contributed by atoms with van der Waals surface area (Å²) in [6.45, 7) is 5.94. The van der Waals surface area contributed by atoms with Gasteiger partial charge in [0.15, 0.2) is 0 Å². The summed E-state index contributed by atoms with van der Waals surface area (Å²) in [5.74, 6) is 1.47. The topological polar surface area (TPSA) is 38.5 Å². The van der Waals surface area contributed by atoms with Gasteiger partial charge in [0.2, 0.25) is 0 Å². The van der Waals surface area contributed by atoms with E-state index in [1.807, 2.05) is 26.2 Å². The van der Waals surface area contributed by atoms with Gasteiger partial charge in [-0.2, -0.15) is 0 Å². The maximum Gasteiger partial charge on any atom is 0.122 e. The molecule has 1 aromatic carbocycles. The number of likely N-dealkylation sites (N-methyl/N-ethyl adjacent to an activating group) is 1. The highest BCUT2D eigenvalue weighted by atomic mass is 16.5. The lowest BCUT2D eigenvalue weighted by Gasteiger charge is -2.18. The van der Waals surface area contributed by atoms with Crippen molar-refractivity contribution in [3.8, 4) is 5.75 Å². The molecule has 0 heterocycles. The first kappa shape index (κ1) is 15.0. The van der Waals surface area contributed by atoms with Crippen LogP contribution in [0.4, 0.5) is 0 Å². The molecule has 18 heavy (non-hydrogen) atoms. The van der Waals surface area contributed by atoms with E-state index in [-0.39, 0.29) is 6.04 Å². The van der Waals surface area contributed by atoms with Crippen LogP contribution in [0.3, 0.4) is 0 Å². The Hall–Kier alpha value is -1.06. The molecule has 0 aromatic heterocycles. The molecule has 2 N–H and O–H groups in total. The number of nitrogens with two attached hydrogens (primary N) is 1. The highest BCUT2D eigenvalue weighted by Crippen LogP contribution is 2.25. The van der Waals surface area contributed by atoms with Crippen molar-refractivity contribution in [1.82, 2.24) is 4.90 Å². The number of hydrogen-bond donors (Lipinski definition) is 1. The fourth-order valence-electron chi connectivity index (χ4n) is 1.97. The maximum atomic E-state index is 6.01. The van der Waals surface area contributed by atoms with Gasteiger partial charge in [-0.25, -0.2) is 0 Å². The largest absolute Gasteiger partial charge is 0.493 e. The molecule has 0 radical (unpaired) electrons. The Bertz CT molecular complexity index is 350. The zero-order valence-corrected chi connectivity index (χ0v) is 12.0. The molecule has 3 heteroatoms. The van der Waals surface area contributed by atoms with E-state index in [0.29, 0.717) is 12.5 Å². The van der Waals surface area contributed by atoms with Gasteiger partial charge in [-0.1, -0.05) is 32.0 Å². The smallest absolute Gasteiger partial charge is 0.122 e. The maximum absolute atomic E-state index is 6.01. The van der Waals surface area contributed by atoms with Gasteiger partial charge in [0.1, 0.15) is 5.75 Å². The normalized spacial score (nSPS) is 13.1. The van der Waals surface area contributed by atoms with Gasteiger partial charge in [0.05, 0.1) is 6.61 Å². The summed E-state index contributed by atoms with van der Waals surface area (Å²) in [5, 5.41) is 0. The number of nitrogens with zero attached hydrogens (tertiary/aromatic N) is 1. The monoisotopic (exact) mass is 250 g/mol.